The summed E-state index contributed by atoms with van der Waals surface area (Å²) in [4.78, 5) is 11.9. The van der Waals surface area contributed by atoms with Crippen LogP contribution in [-0.2, 0) is 4.79 Å². The van der Waals surface area contributed by atoms with E-state index >= 15 is 0 Å². The van der Waals surface area contributed by atoms with Gasteiger partial charge < -0.3 is 11.1 Å². The van der Waals surface area contributed by atoms with Crippen molar-refractivity contribution in [2.45, 2.75) is 25.3 Å². The molecule has 3 nitrogen and oxygen atoms in total. The van der Waals surface area contributed by atoms with Gasteiger partial charge >= 0.3 is 0 Å². The van der Waals surface area contributed by atoms with Crippen molar-refractivity contribution >= 4 is 5.91 Å². The van der Waals surface area contributed by atoms with Crippen molar-refractivity contribution in [2.75, 3.05) is 6.54 Å². The van der Waals surface area contributed by atoms with Crippen LogP contribution in [0.5, 0.6) is 0 Å². The average molecular weight is 244 g/mol. The van der Waals surface area contributed by atoms with E-state index in [4.69, 9.17) is 5.73 Å². The molecule has 0 radical (unpaired) electrons. The lowest BCUT2D eigenvalue weighted by Crippen LogP contribution is -2.37. The second kappa shape index (κ2) is 6.36. The molecule has 0 saturated carbocycles. The molecule has 96 valence electrons. The smallest absolute Gasteiger partial charge is 0.241 e. The zero-order valence-corrected chi connectivity index (χ0v) is 10.5. The van der Waals surface area contributed by atoms with Crippen LogP contribution in [-0.4, -0.2) is 12.5 Å². The van der Waals surface area contributed by atoms with E-state index in [2.05, 4.69) is 17.5 Å². The zero-order valence-electron chi connectivity index (χ0n) is 10.5. The summed E-state index contributed by atoms with van der Waals surface area (Å²) in [5.74, 6) is 0.470. The van der Waals surface area contributed by atoms with Crippen LogP contribution in [0.2, 0.25) is 0 Å². The molecule has 18 heavy (non-hydrogen) atoms. The molecule has 0 spiro atoms. The summed E-state index contributed by atoms with van der Waals surface area (Å²) in [7, 11) is 0. The number of amides is 1. The first kappa shape index (κ1) is 12.8. The number of rotatable bonds is 4. The Labute approximate surface area is 108 Å². The van der Waals surface area contributed by atoms with Crippen molar-refractivity contribution in [1.82, 2.24) is 5.32 Å². The predicted molar refractivity (Wildman–Crippen MR) is 72.9 cm³/mol. The Morgan fingerprint density at radius 1 is 1.33 bits per heavy atom. The van der Waals surface area contributed by atoms with E-state index in [-0.39, 0.29) is 5.91 Å². The number of hydrogen-bond donors (Lipinski definition) is 2. The summed E-state index contributed by atoms with van der Waals surface area (Å²) in [6, 6.07) is 8.91. The van der Waals surface area contributed by atoms with Crippen molar-refractivity contribution in [3.63, 3.8) is 0 Å². The third-order valence-corrected chi connectivity index (χ3v) is 3.38. The van der Waals surface area contributed by atoms with E-state index in [0.29, 0.717) is 5.92 Å². The van der Waals surface area contributed by atoms with E-state index < -0.39 is 6.04 Å². The molecule has 0 bridgehead atoms. The first-order valence-corrected chi connectivity index (χ1v) is 6.50. The summed E-state index contributed by atoms with van der Waals surface area (Å²) in [5.41, 5.74) is 6.79. The summed E-state index contributed by atoms with van der Waals surface area (Å²) in [5, 5.41) is 2.95. The van der Waals surface area contributed by atoms with Gasteiger partial charge in [0.1, 0.15) is 6.04 Å². The number of benzene rings is 1. The first-order chi connectivity index (χ1) is 8.77. The van der Waals surface area contributed by atoms with E-state index in [9.17, 15) is 4.79 Å². The highest BCUT2D eigenvalue weighted by molar-refractivity contribution is 5.82. The van der Waals surface area contributed by atoms with Crippen LogP contribution in [0, 0.1) is 5.92 Å². The molecule has 0 aliphatic heterocycles. The van der Waals surface area contributed by atoms with E-state index in [1.165, 1.54) is 0 Å². The van der Waals surface area contributed by atoms with Crippen LogP contribution in [0.4, 0.5) is 0 Å². The third-order valence-electron chi connectivity index (χ3n) is 3.38. The number of allylic oxidation sites excluding steroid dienone is 2. The second-order valence-electron chi connectivity index (χ2n) is 4.78. The fourth-order valence-corrected chi connectivity index (χ4v) is 2.21. The number of carbonyl (C=O) groups excluding carboxylic acids is 1. The summed E-state index contributed by atoms with van der Waals surface area (Å²) in [6.07, 6.45) is 7.72. The van der Waals surface area contributed by atoms with Gasteiger partial charge in [-0.05, 0) is 30.7 Å². The maximum atomic E-state index is 11.9. The number of hydrogen-bond acceptors (Lipinski definition) is 2. The molecular weight excluding hydrogens is 224 g/mol. The zero-order chi connectivity index (χ0) is 12.8. The highest BCUT2D eigenvalue weighted by Gasteiger charge is 2.17. The first-order valence-electron chi connectivity index (χ1n) is 6.50. The topological polar surface area (TPSA) is 55.1 Å². The number of nitrogens with two attached hydrogens (primary N) is 1. The largest absolute Gasteiger partial charge is 0.354 e. The summed E-state index contributed by atoms with van der Waals surface area (Å²) in [6.45, 7) is 0.726. The lowest BCUT2D eigenvalue weighted by molar-refractivity contribution is -0.122. The van der Waals surface area contributed by atoms with Crippen LogP contribution in [0.25, 0.3) is 0 Å². The van der Waals surface area contributed by atoms with Gasteiger partial charge in [-0.1, -0.05) is 42.5 Å². The lowest BCUT2D eigenvalue weighted by atomic mass is 9.94. The van der Waals surface area contributed by atoms with E-state index in [0.717, 1.165) is 31.4 Å². The van der Waals surface area contributed by atoms with Gasteiger partial charge in [-0.2, -0.15) is 0 Å². The molecule has 0 aromatic heterocycles. The van der Waals surface area contributed by atoms with Gasteiger partial charge in [0.25, 0.3) is 0 Å². The van der Waals surface area contributed by atoms with Crippen LogP contribution in [0.3, 0.4) is 0 Å². The molecule has 1 aliphatic carbocycles. The molecule has 1 aliphatic rings. The molecule has 1 aromatic rings. The van der Waals surface area contributed by atoms with Gasteiger partial charge in [0.2, 0.25) is 5.91 Å². The molecule has 2 rings (SSSR count). The molecule has 1 aromatic carbocycles. The molecule has 1 amide bonds. The predicted octanol–water partition coefficient (Wildman–Crippen LogP) is 2.16. The van der Waals surface area contributed by atoms with Gasteiger partial charge in [0, 0.05) is 6.54 Å². The molecule has 0 heterocycles. The Hall–Kier alpha value is -1.61. The normalized spacial score (nSPS) is 20.4. The fraction of sp³-hybridized carbons (Fsp3) is 0.400. The second-order valence-corrected chi connectivity index (χ2v) is 4.78. The van der Waals surface area contributed by atoms with Crippen molar-refractivity contribution in [2.24, 2.45) is 11.7 Å². The molecule has 0 fully saturated rings. The quantitative estimate of drug-likeness (QED) is 0.797. The van der Waals surface area contributed by atoms with Crippen molar-refractivity contribution in [3.05, 3.63) is 48.0 Å². The van der Waals surface area contributed by atoms with Crippen LogP contribution < -0.4 is 11.1 Å². The molecular formula is C15H20N2O. The molecule has 0 saturated heterocycles. The molecule has 3 N–H and O–H groups in total. The van der Waals surface area contributed by atoms with E-state index in [1.54, 1.807) is 0 Å². The Morgan fingerprint density at radius 2 is 2.11 bits per heavy atom. The van der Waals surface area contributed by atoms with Crippen LogP contribution in [0.15, 0.2) is 42.5 Å². The van der Waals surface area contributed by atoms with E-state index in [1.807, 2.05) is 30.3 Å². The Bertz CT molecular complexity index is 414. The highest BCUT2D eigenvalue weighted by Crippen LogP contribution is 2.17. The minimum Gasteiger partial charge on any atom is -0.354 e. The maximum Gasteiger partial charge on any atom is 0.241 e. The fourth-order valence-electron chi connectivity index (χ4n) is 2.21. The Kier molecular flexibility index (Phi) is 4.53. The number of carbonyl (C=O) groups is 1. The summed E-state index contributed by atoms with van der Waals surface area (Å²) < 4.78 is 0. The Morgan fingerprint density at radius 3 is 2.78 bits per heavy atom. The molecule has 3 heteroatoms. The van der Waals surface area contributed by atoms with Crippen LogP contribution in [0.1, 0.15) is 30.9 Å². The Balaban J connectivity index is 1.82. The van der Waals surface area contributed by atoms with Gasteiger partial charge in [-0.3, -0.25) is 4.79 Å². The van der Waals surface area contributed by atoms with Crippen molar-refractivity contribution in [3.8, 4) is 0 Å². The maximum absolute atomic E-state index is 11.9. The minimum absolute atomic E-state index is 0.0873. The monoisotopic (exact) mass is 244 g/mol. The van der Waals surface area contributed by atoms with Crippen molar-refractivity contribution < 1.29 is 4.79 Å². The SMILES string of the molecule is NC(C(=O)NCC1CC=CCC1)c1ccccc1. The molecule has 2 atom stereocenters. The lowest BCUT2D eigenvalue weighted by Gasteiger charge is -2.19. The minimum atomic E-state index is -0.565. The third kappa shape index (κ3) is 3.44. The summed E-state index contributed by atoms with van der Waals surface area (Å²) >= 11 is 0. The highest BCUT2D eigenvalue weighted by atomic mass is 16.2. The van der Waals surface area contributed by atoms with Gasteiger partial charge in [0.05, 0.1) is 0 Å². The van der Waals surface area contributed by atoms with Gasteiger partial charge in [-0.25, -0.2) is 0 Å². The van der Waals surface area contributed by atoms with Crippen LogP contribution >= 0.6 is 0 Å². The van der Waals surface area contributed by atoms with Crippen molar-refractivity contribution in [1.29, 1.82) is 0 Å². The number of nitrogens with one attached hydrogen (secondary N) is 1. The van der Waals surface area contributed by atoms with Gasteiger partial charge in [0.15, 0.2) is 0 Å². The average Bonchev–Trinajstić information content (AvgIpc) is 2.46. The van der Waals surface area contributed by atoms with Gasteiger partial charge in [-0.15, -0.1) is 0 Å². The molecule has 2 unspecified atom stereocenters. The standard InChI is InChI=1S/C15H20N2O/c16-14(13-9-5-2-6-10-13)15(18)17-11-12-7-3-1-4-8-12/h1-3,5-6,9-10,12,14H,4,7-8,11,16H2,(H,17,18).